The first-order valence-electron chi connectivity index (χ1n) is 13.8. The Morgan fingerprint density at radius 1 is 0.974 bits per heavy atom. The molecule has 2 heterocycles. The molecule has 0 saturated carbocycles. The van der Waals surface area contributed by atoms with E-state index in [0.717, 1.165) is 54.8 Å². The molecule has 0 aromatic heterocycles. The lowest BCUT2D eigenvalue weighted by Crippen LogP contribution is -2.42. The number of hydrogen-bond donors (Lipinski definition) is 2. The van der Waals surface area contributed by atoms with Crippen molar-refractivity contribution in [1.82, 2.24) is 10.2 Å². The Hall–Kier alpha value is -3.07. The molecular weight excluding hydrogens is 492 g/mol. The fourth-order valence-electron chi connectivity index (χ4n) is 5.48. The van der Waals surface area contributed by atoms with Crippen molar-refractivity contribution in [3.8, 4) is 0 Å². The number of ether oxygens (including phenoxy) is 3. The molecule has 2 N–H and O–H groups in total. The van der Waals surface area contributed by atoms with Crippen molar-refractivity contribution in [2.24, 2.45) is 0 Å². The molecule has 0 bridgehead atoms. The van der Waals surface area contributed by atoms with Crippen LogP contribution >= 0.6 is 0 Å². The Balaban J connectivity index is 1.28. The number of carbonyl (C=O) groups is 1. The van der Waals surface area contributed by atoms with Gasteiger partial charge in [-0.1, -0.05) is 66.7 Å². The summed E-state index contributed by atoms with van der Waals surface area (Å²) < 4.78 is 18.5. The van der Waals surface area contributed by atoms with Crippen LogP contribution in [0.15, 0.2) is 78.9 Å². The van der Waals surface area contributed by atoms with Gasteiger partial charge in [-0.25, -0.2) is 0 Å². The number of hydrogen-bond acceptors (Lipinski definition) is 6. The molecule has 39 heavy (non-hydrogen) atoms. The van der Waals surface area contributed by atoms with Gasteiger partial charge in [0.25, 0.3) is 5.91 Å². The van der Waals surface area contributed by atoms with Gasteiger partial charge in [-0.3, -0.25) is 9.69 Å². The molecule has 7 nitrogen and oxygen atoms in total. The normalized spacial score (nSPS) is 23.5. The molecule has 2 aliphatic rings. The van der Waals surface area contributed by atoms with Gasteiger partial charge in [0.1, 0.15) is 0 Å². The molecule has 0 radical (unpaired) electrons. The molecule has 0 unspecified atom stereocenters. The van der Waals surface area contributed by atoms with Crippen LogP contribution in [-0.4, -0.2) is 54.9 Å². The van der Waals surface area contributed by atoms with E-state index >= 15 is 0 Å². The monoisotopic (exact) mass is 530 g/mol. The van der Waals surface area contributed by atoms with E-state index in [4.69, 9.17) is 14.2 Å². The van der Waals surface area contributed by atoms with E-state index in [0.29, 0.717) is 18.2 Å². The van der Waals surface area contributed by atoms with Crippen molar-refractivity contribution in [3.05, 3.63) is 107 Å². The maximum atomic E-state index is 12.4. The summed E-state index contributed by atoms with van der Waals surface area (Å²) in [5.74, 6) is -0.0924. The van der Waals surface area contributed by atoms with Gasteiger partial charge >= 0.3 is 0 Å². The molecule has 2 fully saturated rings. The topological polar surface area (TPSA) is 80.3 Å². The first kappa shape index (κ1) is 27.5. The number of nitrogens with one attached hydrogen (secondary N) is 1. The van der Waals surface area contributed by atoms with E-state index in [1.54, 1.807) is 19.2 Å². The van der Waals surface area contributed by atoms with Crippen LogP contribution in [0.3, 0.4) is 0 Å². The Morgan fingerprint density at radius 3 is 2.41 bits per heavy atom. The van der Waals surface area contributed by atoms with Crippen LogP contribution in [0.4, 0.5) is 0 Å². The quantitative estimate of drug-likeness (QED) is 0.393. The average Bonchev–Trinajstić information content (AvgIpc) is 3.43. The molecule has 206 valence electrons. The zero-order valence-electron chi connectivity index (χ0n) is 22.5. The van der Waals surface area contributed by atoms with Gasteiger partial charge in [0, 0.05) is 43.8 Å². The standard InChI is InChI=1S/C32H38N2O5/c1-37-22-28-8-5-17-34(28)20-29-18-30(25-13-11-24(21-35)12-14-25)39-32(38-29)27-15-9-23(10-16-27)19-33-31(36)26-6-3-2-4-7-26/h2-4,6-7,9-16,28-30,32,35H,5,8,17-22H2,1H3,(H,33,36)/t28-,29-,30+,32+/m0/s1. The van der Waals surface area contributed by atoms with Crippen molar-refractivity contribution in [2.45, 2.75) is 57.0 Å². The molecule has 1 amide bonds. The molecule has 0 aliphatic carbocycles. The highest BCUT2D eigenvalue weighted by atomic mass is 16.7. The van der Waals surface area contributed by atoms with Crippen LogP contribution in [0.5, 0.6) is 0 Å². The van der Waals surface area contributed by atoms with Crippen LogP contribution in [0, 0.1) is 0 Å². The second kappa shape index (κ2) is 13.3. The molecule has 0 spiro atoms. The summed E-state index contributed by atoms with van der Waals surface area (Å²) in [6.07, 6.45) is 2.48. The van der Waals surface area contributed by atoms with Crippen LogP contribution in [-0.2, 0) is 27.4 Å². The molecule has 3 aromatic carbocycles. The number of methoxy groups -OCH3 is 1. The summed E-state index contributed by atoms with van der Waals surface area (Å²) >= 11 is 0. The summed E-state index contributed by atoms with van der Waals surface area (Å²) in [6.45, 7) is 3.09. The van der Waals surface area contributed by atoms with Gasteiger partial charge < -0.3 is 24.6 Å². The number of amides is 1. The van der Waals surface area contributed by atoms with Crippen LogP contribution in [0.1, 0.15) is 64.3 Å². The summed E-state index contributed by atoms with van der Waals surface area (Å²) in [5.41, 5.74) is 4.57. The summed E-state index contributed by atoms with van der Waals surface area (Å²) in [7, 11) is 1.76. The number of rotatable bonds is 10. The predicted molar refractivity (Wildman–Crippen MR) is 149 cm³/mol. The minimum absolute atomic E-state index is 0.00793. The highest BCUT2D eigenvalue weighted by Crippen LogP contribution is 2.38. The SMILES string of the molecule is COC[C@@H]1CCCN1C[C@@H]1C[C@H](c2ccc(CO)cc2)O[C@H](c2ccc(CNC(=O)c3ccccc3)cc2)O1. The molecular formula is C32H38N2O5. The number of aliphatic hydroxyl groups is 1. The van der Waals surface area contributed by atoms with Gasteiger partial charge in [0.2, 0.25) is 0 Å². The fraction of sp³-hybridized carbons (Fsp3) is 0.406. The third-order valence-corrected chi connectivity index (χ3v) is 7.65. The molecule has 4 atom stereocenters. The smallest absolute Gasteiger partial charge is 0.251 e. The van der Waals surface area contributed by atoms with Crippen molar-refractivity contribution in [2.75, 3.05) is 26.8 Å². The molecule has 5 rings (SSSR count). The third kappa shape index (κ3) is 7.12. The van der Waals surface area contributed by atoms with Crippen LogP contribution in [0.2, 0.25) is 0 Å². The predicted octanol–water partition coefficient (Wildman–Crippen LogP) is 4.77. The maximum Gasteiger partial charge on any atom is 0.251 e. The van der Waals surface area contributed by atoms with Crippen molar-refractivity contribution in [1.29, 1.82) is 0 Å². The zero-order chi connectivity index (χ0) is 27.0. The Morgan fingerprint density at radius 2 is 1.69 bits per heavy atom. The lowest BCUT2D eigenvalue weighted by molar-refractivity contribution is -0.253. The van der Waals surface area contributed by atoms with E-state index in [1.165, 1.54) is 6.42 Å². The summed E-state index contributed by atoms with van der Waals surface area (Å²) in [4.78, 5) is 14.9. The number of likely N-dealkylation sites (tertiary alicyclic amines) is 1. The van der Waals surface area contributed by atoms with Crippen molar-refractivity contribution >= 4 is 5.91 Å². The van der Waals surface area contributed by atoms with Crippen LogP contribution < -0.4 is 5.32 Å². The molecule has 7 heteroatoms. The van der Waals surface area contributed by atoms with E-state index in [9.17, 15) is 9.90 Å². The Kier molecular flexibility index (Phi) is 9.40. The Labute approximate surface area is 230 Å². The number of carbonyl (C=O) groups excluding carboxylic acids is 1. The van der Waals surface area contributed by atoms with Gasteiger partial charge in [0.15, 0.2) is 6.29 Å². The summed E-state index contributed by atoms with van der Waals surface area (Å²) in [5, 5.41) is 12.4. The van der Waals surface area contributed by atoms with Gasteiger partial charge in [-0.15, -0.1) is 0 Å². The van der Waals surface area contributed by atoms with E-state index < -0.39 is 6.29 Å². The first-order valence-corrected chi connectivity index (χ1v) is 13.8. The highest BCUT2D eigenvalue weighted by Gasteiger charge is 2.35. The minimum atomic E-state index is -0.497. The van der Waals surface area contributed by atoms with E-state index in [-0.39, 0.29) is 24.7 Å². The van der Waals surface area contributed by atoms with Gasteiger partial charge in [-0.2, -0.15) is 0 Å². The second-order valence-electron chi connectivity index (χ2n) is 10.4. The average molecular weight is 531 g/mol. The molecule has 2 saturated heterocycles. The maximum absolute atomic E-state index is 12.4. The van der Waals surface area contributed by atoms with Crippen LogP contribution in [0.25, 0.3) is 0 Å². The molecule has 3 aromatic rings. The Bertz CT molecular complexity index is 1190. The zero-order valence-corrected chi connectivity index (χ0v) is 22.5. The number of benzene rings is 3. The van der Waals surface area contributed by atoms with Gasteiger partial charge in [-0.05, 0) is 48.2 Å². The fourth-order valence-corrected chi connectivity index (χ4v) is 5.48. The van der Waals surface area contributed by atoms with E-state index in [1.807, 2.05) is 66.7 Å². The van der Waals surface area contributed by atoms with Gasteiger partial charge in [0.05, 0.1) is 25.4 Å². The minimum Gasteiger partial charge on any atom is -0.392 e. The number of nitrogens with zero attached hydrogens (tertiary/aromatic N) is 1. The van der Waals surface area contributed by atoms with Crippen molar-refractivity contribution < 1.29 is 24.1 Å². The lowest BCUT2D eigenvalue weighted by atomic mass is 9.99. The highest BCUT2D eigenvalue weighted by molar-refractivity contribution is 5.94. The third-order valence-electron chi connectivity index (χ3n) is 7.65. The van der Waals surface area contributed by atoms with Crippen molar-refractivity contribution in [3.63, 3.8) is 0 Å². The van der Waals surface area contributed by atoms with E-state index in [2.05, 4.69) is 10.2 Å². The summed E-state index contributed by atoms with van der Waals surface area (Å²) in [6, 6.07) is 25.7. The number of aliphatic hydroxyl groups excluding tert-OH is 1. The molecule has 2 aliphatic heterocycles. The second-order valence-corrected chi connectivity index (χ2v) is 10.4. The lowest BCUT2D eigenvalue weighted by Gasteiger charge is -2.38. The largest absolute Gasteiger partial charge is 0.392 e. The first-order chi connectivity index (χ1) is 19.1.